The van der Waals surface area contributed by atoms with Crippen molar-refractivity contribution in [1.29, 1.82) is 0 Å². The third-order valence-corrected chi connectivity index (χ3v) is 8.17. The molecule has 3 aromatic rings. The molecule has 0 saturated carbocycles. The smallest absolute Gasteiger partial charge is 0.365 e. The molecule has 1 aromatic heterocycles. The molecule has 15 nitrogen and oxygen atoms in total. The minimum absolute atomic E-state index is 0.0571. The Morgan fingerprint density at radius 2 is 1.74 bits per heavy atom. The zero-order valence-corrected chi connectivity index (χ0v) is 29.1. The van der Waals surface area contributed by atoms with Crippen LogP contribution in [0.5, 0.6) is 23.0 Å². The monoisotopic (exact) mass is 715 g/mol. The molecule has 2 aromatic carbocycles. The Morgan fingerprint density at radius 1 is 0.980 bits per heavy atom. The van der Waals surface area contributed by atoms with Crippen LogP contribution in [-0.2, 0) is 19.0 Å². The molecule has 3 amide bonds. The molecule has 0 aliphatic carbocycles. The first-order valence-corrected chi connectivity index (χ1v) is 17.6. The van der Waals surface area contributed by atoms with Gasteiger partial charge >= 0.3 is 14.2 Å². The molecule has 0 radical (unpaired) electrons. The summed E-state index contributed by atoms with van der Waals surface area (Å²) >= 11 is 0. The zero-order chi connectivity index (χ0) is 36.0. The van der Waals surface area contributed by atoms with Crippen LogP contribution >= 0.6 is 8.25 Å². The number of benzene rings is 2. The summed E-state index contributed by atoms with van der Waals surface area (Å²) in [6.07, 6.45) is 3.50. The summed E-state index contributed by atoms with van der Waals surface area (Å²) in [5, 5.41) is 6.16. The van der Waals surface area contributed by atoms with Gasteiger partial charge in [-0.3, -0.25) is 14.4 Å². The van der Waals surface area contributed by atoms with Crippen molar-refractivity contribution in [2.75, 3.05) is 26.5 Å². The number of carbonyl (C=O) groups is 4. The molecule has 50 heavy (non-hydrogen) atoms. The molecule has 3 atom stereocenters. The topological polar surface area (TPSA) is 192 Å². The first kappa shape index (κ1) is 37.8. The molecule has 2 heterocycles. The van der Waals surface area contributed by atoms with Gasteiger partial charge < -0.3 is 43.5 Å². The van der Waals surface area contributed by atoms with Crippen LogP contribution in [-0.4, -0.2) is 66.7 Å². The van der Waals surface area contributed by atoms with E-state index in [1.165, 1.54) is 30.3 Å². The van der Waals surface area contributed by atoms with Gasteiger partial charge in [0.25, 0.3) is 5.91 Å². The molecule has 270 valence electrons. The molecule has 0 saturated heterocycles. The highest BCUT2D eigenvalue weighted by Crippen LogP contribution is 2.34. The second-order valence-electron chi connectivity index (χ2n) is 11.2. The number of unbranched alkanes of at least 4 members (excludes halogenated alkanes) is 2. The number of ether oxygens (including phenoxy) is 3. The third kappa shape index (κ3) is 10.3. The lowest BCUT2D eigenvalue weighted by atomic mass is 9.90. The number of furan rings is 1. The van der Waals surface area contributed by atoms with Crippen molar-refractivity contribution >= 4 is 32.4 Å². The molecule has 0 bridgehead atoms. The highest BCUT2D eigenvalue weighted by Gasteiger charge is 2.34. The summed E-state index contributed by atoms with van der Waals surface area (Å²) < 4.78 is 38.5. The van der Waals surface area contributed by atoms with Gasteiger partial charge in [0.1, 0.15) is 30.5 Å². The third-order valence-electron chi connectivity index (χ3n) is 7.76. The van der Waals surface area contributed by atoms with Crippen LogP contribution in [0.25, 0.3) is 11.3 Å². The summed E-state index contributed by atoms with van der Waals surface area (Å²) in [6.45, 7) is 6.39. The van der Waals surface area contributed by atoms with Gasteiger partial charge in [-0.2, -0.15) is 5.06 Å². The van der Waals surface area contributed by atoms with E-state index in [0.717, 1.165) is 17.9 Å². The van der Waals surface area contributed by atoms with Gasteiger partial charge in [-0.25, -0.2) is 9.36 Å². The summed E-state index contributed by atoms with van der Waals surface area (Å²) in [5.74, 6) is -1.07. The van der Waals surface area contributed by atoms with Gasteiger partial charge in [-0.05, 0) is 62.2 Å². The van der Waals surface area contributed by atoms with Crippen LogP contribution in [0.3, 0.4) is 0 Å². The fourth-order valence-corrected chi connectivity index (χ4v) is 5.73. The second-order valence-corrected chi connectivity index (χ2v) is 11.9. The van der Waals surface area contributed by atoms with E-state index in [2.05, 4.69) is 10.6 Å². The quantitative estimate of drug-likeness (QED) is 0.0502. The van der Waals surface area contributed by atoms with E-state index in [1.54, 1.807) is 32.0 Å². The molecular weight excluding hydrogens is 673 g/mol. The lowest BCUT2D eigenvalue weighted by molar-refractivity contribution is -0.171. The molecule has 1 aliphatic rings. The van der Waals surface area contributed by atoms with Crippen molar-refractivity contribution in [2.45, 2.75) is 58.9 Å². The maximum atomic E-state index is 13.5. The lowest BCUT2D eigenvalue weighted by Crippen LogP contribution is -2.49. The van der Waals surface area contributed by atoms with Crippen molar-refractivity contribution in [3.8, 4) is 34.3 Å². The molecule has 4 rings (SSSR count). The first-order chi connectivity index (χ1) is 24.2. The molecule has 16 heteroatoms. The summed E-state index contributed by atoms with van der Waals surface area (Å²) in [6, 6.07) is 11.3. The Hall–Kier alpha value is -5.01. The normalized spacial score (nSPS) is 13.7. The Kier molecular flexibility index (Phi) is 14.1. The van der Waals surface area contributed by atoms with E-state index in [1.807, 2.05) is 6.92 Å². The van der Waals surface area contributed by atoms with E-state index in [4.69, 9.17) is 28.0 Å². The number of hydrogen-bond donors (Lipinski definition) is 3. The molecule has 3 unspecified atom stereocenters. The van der Waals surface area contributed by atoms with Gasteiger partial charge in [-0.15, -0.1) is 0 Å². The largest absolute Gasteiger partial charge is 0.494 e. The molecule has 0 fully saturated rings. The summed E-state index contributed by atoms with van der Waals surface area (Å²) in [4.78, 5) is 66.4. The first-order valence-electron chi connectivity index (χ1n) is 16.4. The summed E-state index contributed by atoms with van der Waals surface area (Å²) in [5.41, 5.74) is 0.585. The second kappa shape index (κ2) is 18.7. The van der Waals surface area contributed by atoms with Crippen LogP contribution in [0.2, 0.25) is 0 Å². The number of nitrogens with zero attached hydrogens (tertiary/aromatic N) is 1. The molecular formula is C34H42N3O12P. The minimum atomic E-state index is -3.27. The lowest BCUT2D eigenvalue weighted by Gasteiger charge is -2.32. The zero-order valence-electron chi connectivity index (χ0n) is 28.1. The fourth-order valence-electron chi connectivity index (χ4n) is 5.41. The highest BCUT2D eigenvalue weighted by atomic mass is 31.1. The number of amides is 3. The maximum Gasteiger partial charge on any atom is 0.365 e. The fraction of sp³-hybridized carbons (Fsp3) is 0.412. The van der Waals surface area contributed by atoms with Gasteiger partial charge in [0, 0.05) is 11.6 Å². The Balaban J connectivity index is 1.40. The number of carbonyl (C=O) groups excluding carboxylic acids is 4. The van der Waals surface area contributed by atoms with Gasteiger partial charge in [-0.1, -0.05) is 33.1 Å². The predicted octanol–water partition coefficient (Wildman–Crippen LogP) is 4.89. The number of hydroxylamine groups is 2. The number of fused-ring (bicyclic) bond motifs is 1. The number of rotatable bonds is 19. The standard InChI is InChI=1S/C34H42N3O12P/c1-4-7-8-9-26(27(5-2)37(21-38)48-34(41)22-10-11-29-31(18-22)46-15-14-45-29)32(39)35-20-36-33(40)30-13-12-28(47-30)23-16-24(44-6-3)19-25(17-23)49-50(42)43/h10-13,16-19,21,26-27,50H,4-9,14-15,20H2,1-3H3,(H,35,39)(H,36,40)(H,42,43). The maximum absolute atomic E-state index is 13.5. The van der Waals surface area contributed by atoms with Crippen molar-refractivity contribution < 1.29 is 56.6 Å². The minimum Gasteiger partial charge on any atom is -0.494 e. The number of nitrogens with one attached hydrogen (secondary N) is 2. The van der Waals surface area contributed by atoms with Crippen LogP contribution in [0.4, 0.5) is 0 Å². The van der Waals surface area contributed by atoms with Crippen LogP contribution in [0, 0.1) is 5.92 Å². The van der Waals surface area contributed by atoms with E-state index in [0.29, 0.717) is 68.3 Å². The van der Waals surface area contributed by atoms with Crippen molar-refractivity contribution in [3.63, 3.8) is 0 Å². The molecule has 1 aliphatic heterocycles. The van der Waals surface area contributed by atoms with Crippen molar-refractivity contribution in [3.05, 3.63) is 59.9 Å². The van der Waals surface area contributed by atoms with Crippen molar-refractivity contribution in [2.24, 2.45) is 5.92 Å². The van der Waals surface area contributed by atoms with Crippen molar-refractivity contribution in [1.82, 2.24) is 15.7 Å². The van der Waals surface area contributed by atoms with Gasteiger partial charge in [0.05, 0.1) is 30.8 Å². The Labute approximate surface area is 290 Å². The van der Waals surface area contributed by atoms with E-state index in [9.17, 15) is 28.6 Å². The van der Waals surface area contributed by atoms with E-state index in [-0.39, 0.29) is 29.5 Å². The average molecular weight is 716 g/mol. The van der Waals surface area contributed by atoms with Gasteiger partial charge in [0.15, 0.2) is 17.3 Å². The van der Waals surface area contributed by atoms with Crippen LogP contribution < -0.4 is 29.4 Å². The Bertz CT molecular complexity index is 1660. The van der Waals surface area contributed by atoms with E-state index >= 15 is 0 Å². The summed E-state index contributed by atoms with van der Waals surface area (Å²) in [7, 11) is -3.27. The predicted molar refractivity (Wildman–Crippen MR) is 180 cm³/mol. The van der Waals surface area contributed by atoms with E-state index < -0.39 is 38.0 Å². The Morgan fingerprint density at radius 3 is 2.44 bits per heavy atom. The van der Waals surface area contributed by atoms with Crippen LogP contribution in [0.15, 0.2) is 52.9 Å². The van der Waals surface area contributed by atoms with Crippen LogP contribution in [0.1, 0.15) is 73.8 Å². The highest BCUT2D eigenvalue weighted by molar-refractivity contribution is 7.32. The molecule has 3 N–H and O–H groups in total. The van der Waals surface area contributed by atoms with Gasteiger partial charge in [0.2, 0.25) is 12.3 Å². The number of hydrogen-bond acceptors (Lipinski definition) is 11. The molecule has 0 spiro atoms. The SMILES string of the molecule is CCCCCC(C(=O)NCNC(=O)c1ccc(-c2cc(OCC)cc(O[PH](=O)O)c2)o1)C(CC)N(C=O)OC(=O)c1ccc2c(c1)OCCO2. The average Bonchev–Trinajstić information content (AvgIpc) is 3.61.